The number of ether oxygens (including phenoxy) is 2. The quantitative estimate of drug-likeness (QED) is 0.710. The van der Waals surface area contributed by atoms with Gasteiger partial charge in [0, 0.05) is 23.8 Å². The second-order valence-electron chi connectivity index (χ2n) is 8.46. The Morgan fingerprint density at radius 3 is 2.56 bits per heavy atom. The number of fused-ring (bicyclic) bond motifs is 1. The minimum Gasteiger partial charge on any atom is -0.493 e. The third kappa shape index (κ3) is 5.03. The zero-order valence-electron chi connectivity index (χ0n) is 18.3. The number of anilines is 1. The number of hydrogen-bond donors (Lipinski definition) is 1. The van der Waals surface area contributed by atoms with E-state index < -0.39 is 0 Å². The first-order valence-electron chi connectivity index (χ1n) is 11.2. The fraction of sp³-hybridized carbons (Fsp3) is 0.440. The van der Waals surface area contributed by atoms with Crippen molar-refractivity contribution in [2.24, 2.45) is 5.92 Å². The number of carbonyl (C=O) groups excluding carboxylic acids is 2. The lowest BCUT2D eigenvalue weighted by molar-refractivity contribution is -0.118. The van der Waals surface area contributed by atoms with Crippen LogP contribution in [0.25, 0.3) is 0 Å². The van der Waals surface area contributed by atoms with Gasteiger partial charge in [0.1, 0.15) is 5.82 Å². The van der Waals surface area contributed by atoms with Crippen LogP contribution < -0.4 is 14.8 Å². The molecule has 4 rings (SSSR count). The summed E-state index contributed by atoms with van der Waals surface area (Å²) in [5.41, 5.74) is 1.05. The van der Waals surface area contributed by atoms with E-state index in [0.29, 0.717) is 34.7 Å². The molecule has 0 spiro atoms. The monoisotopic (exact) mass is 440 g/mol. The molecular weight excluding hydrogens is 411 g/mol. The van der Waals surface area contributed by atoms with Gasteiger partial charge in [0.05, 0.1) is 7.11 Å². The summed E-state index contributed by atoms with van der Waals surface area (Å²) < 4.78 is 24.0. The smallest absolute Gasteiger partial charge is 0.262 e. The van der Waals surface area contributed by atoms with Gasteiger partial charge in [-0.3, -0.25) is 9.59 Å². The van der Waals surface area contributed by atoms with Gasteiger partial charge < -0.3 is 19.7 Å². The van der Waals surface area contributed by atoms with Gasteiger partial charge in [0.25, 0.3) is 11.8 Å². The molecule has 1 aliphatic heterocycles. The second-order valence-corrected chi connectivity index (χ2v) is 8.46. The number of likely N-dealkylation sites (tertiary alicyclic amines) is 1. The van der Waals surface area contributed by atoms with Crippen LogP contribution in [0.3, 0.4) is 0 Å². The molecule has 1 heterocycles. The van der Waals surface area contributed by atoms with E-state index in [-0.39, 0.29) is 24.2 Å². The Morgan fingerprint density at radius 1 is 1.03 bits per heavy atom. The number of benzene rings is 2. The zero-order chi connectivity index (χ0) is 22.5. The fourth-order valence-electron chi connectivity index (χ4n) is 4.84. The van der Waals surface area contributed by atoms with Crippen LogP contribution in [0.1, 0.15) is 48.9 Å². The first-order chi connectivity index (χ1) is 15.5. The van der Waals surface area contributed by atoms with Gasteiger partial charge in [0.2, 0.25) is 0 Å². The van der Waals surface area contributed by atoms with Crippen molar-refractivity contribution >= 4 is 17.5 Å². The molecule has 0 bridgehead atoms. The number of nitrogens with zero attached hydrogens (tertiary/aromatic N) is 1. The summed E-state index contributed by atoms with van der Waals surface area (Å²) in [5, 5.41) is 2.64. The van der Waals surface area contributed by atoms with Crippen molar-refractivity contribution in [3.8, 4) is 11.5 Å². The normalized spacial score (nSPS) is 20.2. The number of piperidine rings is 1. The molecule has 6 nitrogen and oxygen atoms in total. The molecular formula is C25H29FN2O4. The molecule has 2 unspecified atom stereocenters. The van der Waals surface area contributed by atoms with E-state index in [1.54, 1.807) is 18.2 Å². The largest absolute Gasteiger partial charge is 0.493 e. The van der Waals surface area contributed by atoms with Crippen LogP contribution in [-0.4, -0.2) is 43.0 Å². The molecule has 2 aliphatic rings. The number of methoxy groups -OCH3 is 1. The highest BCUT2D eigenvalue weighted by atomic mass is 19.1. The van der Waals surface area contributed by atoms with Crippen molar-refractivity contribution in [1.82, 2.24) is 4.90 Å². The van der Waals surface area contributed by atoms with E-state index in [1.807, 2.05) is 4.90 Å². The van der Waals surface area contributed by atoms with Gasteiger partial charge in [-0.15, -0.1) is 0 Å². The summed E-state index contributed by atoms with van der Waals surface area (Å²) in [6, 6.07) is 10.9. The van der Waals surface area contributed by atoms with Crippen LogP contribution in [0.2, 0.25) is 0 Å². The third-order valence-corrected chi connectivity index (χ3v) is 6.40. The first-order valence-corrected chi connectivity index (χ1v) is 11.2. The Labute approximate surface area is 187 Å². The summed E-state index contributed by atoms with van der Waals surface area (Å²) in [4.78, 5) is 27.5. The van der Waals surface area contributed by atoms with Crippen LogP contribution in [0.4, 0.5) is 10.1 Å². The van der Waals surface area contributed by atoms with E-state index in [9.17, 15) is 14.0 Å². The summed E-state index contributed by atoms with van der Waals surface area (Å²) in [7, 11) is 1.51. The van der Waals surface area contributed by atoms with Crippen molar-refractivity contribution in [3.63, 3.8) is 0 Å². The van der Waals surface area contributed by atoms with Gasteiger partial charge in [-0.25, -0.2) is 4.39 Å². The predicted molar refractivity (Wildman–Crippen MR) is 120 cm³/mol. The summed E-state index contributed by atoms with van der Waals surface area (Å²) >= 11 is 0. The molecule has 7 heteroatoms. The topological polar surface area (TPSA) is 67.9 Å². The maximum atomic E-state index is 13.3. The summed E-state index contributed by atoms with van der Waals surface area (Å²) in [6.07, 6.45) is 7.00. The SMILES string of the molecule is COc1cc(C(=O)N2CCCC3CCCCC32)ccc1OCC(=O)Nc1ccc(F)cc1. The Kier molecular flexibility index (Phi) is 6.93. The number of halogens is 1. The summed E-state index contributed by atoms with van der Waals surface area (Å²) in [5.74, 6) is 0.679. The van der Waals surface area contributed by atoms with Crippen LogP contribution in [0, 0.1) is 11.7 Å². The van der Waals surface area contributed by atoms with Crippen molar-refractivity contribution in [3.05, 3.63) is 53.8 Å². The van der Waals surface area contributed by atoms with E-state index in [0.717, 1.165) is 19.4 Å². The molecule has 1 saturated heterocycles. The van der Waals surface area contributed by atoms with Crippen LogP contribution in [0.15, 0.2) is 42.5 Å². The van der Waals surface area contributed by atoms with Gasteiger partial charge in [0.15, 0.2) is 18.1 Å². The molecule has 2 atom stereocenters. The van der Waals surface area contributed by atoms with Gasteiger partial charge in [-0.2, -0.15) is 0 Å². The van der Waals surface area contributed by atoms with Crippen LogP contribution in [-0.2, 0) is 4.79 Å². The fourth-order valence-corrected chi connectivity index (χ4v) is 4.84. The Balaban J connectivity index is 1.40. The molecule has 1 aliphatic carbocycles. The molecule has 2 aromatic carbocycles. The first kappa shape index (κ1) is 22.1. The number of carbonyl (C=O) groups is 2. The average molecular weight is 441 g/mol. The lowest BCUT2D eigenvalue weighted by atomic mass is 9.78. The number of amides is 2. The summed E-state index contributed by atoms with van der Waals surface area (Å²) in [6.45, 7) is 0.557. The zero-order valence-corrected chi connectivity index (χ0v) is 18.3. The highest BCUT2D eigenvalue weighted by Crippen LogP contribution is 2.37. The van der Waals surface area contributed by atoms with Gasteiger partial charge >= 0.3 is 0 Å². The van der Waals surface area contributed by atoms with E-state index >= 15 is 0 Å². The van der Waals surface area contributed by atoms with Gasteiger partial charge in [-0.05, 0) is 74.1 Å². The highest BCUT2D eigenvalue weighted by Gasteiger charge is 2.36. The molecule has 1 N–H and O–H groups in total. The molecule has 1 saturated carbocycles. The maximum Gasteiger partial charge on any atom is 0.262 e. The highest BCUT2D eigenvalue weighted by molar-refractivity contribution is 5.95. The Morgan fingerprint density at radius 2 is 1.78 bits per heavy atom. The molecule has 2 fully saturated rings. The van der Waals surface area contributed by atoms with E-state index in [1.165, 1.54) is 57.1 Å². The van der Waals surface area contributed by atoms with Crippen molar-refractivity contribution in [2.75, 3.05) is 25.6 Å². The lowest BCUT2D eigenvalue weighted by Crippen LogP contribution is -2.49. The van der Waals surface area contributed by atoms with Crippen molar-refractivity contribution in [2.45, 2.75) is 44.6 Å². The van der Waals surface area contributed by atoms with E-state index in [2.05, 4.69) is 5.32 Å². The Hall–Kier alpha value is -3.09. The number of rotatable bonds is 6. The predicted octanol–water partition coefficient (Wildman–Crippen LogP) is 4.65. The number of nitrogens with one attached hydrogen (secondary N) is 1. The van der Waals surface area contributed by atoms with Crippen molar-refractivity contribution < 1.29 is 23.5 Å². The molecule has 170 valence electrons. The molecule has 2 amide bonds. The third-order valence-electron chi connectivity index (χ3n) is 6.40. The molecule has 2 aromatic rings. The van der Waals surface area contributed by atoms with Crippen molar-refractivity contribution in [1.29, 1.82) is 0 Å². The second kappa shape index (κ2) is 10.0. The number of hydrogen-bond acceptors (Lipinski definition) is 4. The maximum absolute atomic E-state index is 13.3. The Bertz CT molecular complexity index is 961. The lowest BCUT2D eigenvalue weighted by Gasteiger charge is -2.44. The molecule has 0 radical (unpaired) electrons. The van der Waals surface area contributed by atoms with Crippen LogP contribution >= 0.6 is 0 Å². The standard InChI is InChI=1S/C25H29FN2O4/c1-31-23-15-18(25(30)28-14-4-6-17-5-2-3-7-21(17)28)8-13-22(23)32-16-24(29)27-20-11-9-19(26)10-12-20/h8-13,15,17,21H,2-7,14,16H2,1H3,(H,27,29). The van der Waals surface area contributed by atoms with Crippen LogP contribution in [0.5, 0.6) is 11.5 Å². The molecule has 0 aromatic heterocycles. The molecule has 32 heavy (non-hydrogen) atoms. The van der Waals surface area contributed by atoms with E-state index in [4.69, 9.17) is 9.47 Å². The minimum absolute atomic E-state index is 0.0282. The average Bonchev–Trinajstić information content (AvgIpc) is 2.83. The minimum atomic E-state index is -0.379. The van der Waals surface area contributed by atoms with Gasteiger partial charge in [-0.1, -0.05) is 12.8 Å².